The van der Waals surface area contributed by atoms with Gasteiger partial charge in [0.2, 0.25) is 5.91 Å². The summed E-state index contributed by atoms with van der Waals surface area (Å²) in [6.07, 6.45) is 2.62. The van der Waals surface area contributed by atoms with Crippen molar-refractivity contribution in [1.82, 2.24) is 4.90 Å². The highest BCUT2D eigenvalue weighted by atomic mass is 16.5. The van der Waals surface area contributed by atoms with E-state index in [0.717, 1.165) is 17.9 Å². The van der Waals surface area contributed by atoms with Crippen molar-refractivity contribution in [3.63, 3.8) is 0 Å². The van der Waals surface area contributed by atoms with Gasteiger partial charge in [-0.05, 0) is 62.6 Å². The van der Waals surface area contributed by atoms with Crippen LogP contribution in [0.2, 0.25) is 0 Å². The van der Waals surface area contributed by atoms with Crippen molar-refractivity contribution in [2.45, 2.75) is 52.7 Å². The fourth-order valence-electron chi connectivity index (χ4n) is 3.60. The van der Waals surface area contributed by atoms with Crippen LogP contribution < -0.4 is 4.74 Å². The van der Waals surface area contributed by atoms with E-state index >= 15 is 0 Å². The number of carbonyl (C=O) groups is 1. The summed E-state index contributed by atoms with van der Waals surface area (Å²) in [6, 6.07) is 20.7. The molecule has 0 N–H and O–H groups in total. The van der Waals surface area contributed by atoms with Crippen molar-refractivity contribution in [2.24, 2.45) is 0 Å². The van der Waals surface area contributed by atoms with Crippen molar-refractivity contribution in [1.29, 1.82) is 0 Å². The van der Waals surface area contributed by atoms with Gasteiger partial charge in [0.05, 0.1) is 18.9 Å². The van der Waals surface area contributed by atoms with Gasteiger partial charge in [-0.1, -0.05) is 42.0 Å². The molecule has 0 aliphatic carbocycles. The molecule has 0 saturated carbocycles. The highest BCUT2D eigenvalue weighted by Crippen LogP contribution is 2.30. The molecule has 30 heavy (non-hydrogen) atoms. The standard InChI is InChI=1S/C26H31NO3/c1-19(2)30-24-13-11-23(12-14-24)26(22-9-7-20(3)8-10-22)15-16-27(21(4)28)18-25-6-5-17-29-25/h5-14,17,19,26H,15-16,18H2,1-4H3/t26-/m0/s1. The molecule has 0 bridgehead atoms. The molecule has 1 heterocycles. The van der Waals surface area contributed by atoms with Crippen LogP contribution in [0.5, 0.6) is 5.75 Å². The predicted molar refractivity (Wildman–Crippen MR) is 120 cm³/mol. The molecule has 0 aliphatic rings. The number of ether oxygens (including phenoxy) is 1. The number of rotatable bonds is 9. The molecule has 1 amide bonds. The topological polar surface area (TPSA) is 42.7 Å². The van der Waals surface area contributed by atoms with E-state index in [1.165, 1.54) is 16.7 Å². The lowest BCUT2D eigenvalue weighted by Gasteiger charge is -2.25. The highest BCUT2D eigenvalue weighted by molar-refractivity contribution is 5.73. The van der Waals surface area contributed by atoms with Gasteiger partial charge < -0.3 is 14.1 Å². The van der Waals surface area contributed by atoms with Crippen LogP contribution in [0.3, 0.4) is 0 Å². The molecule has 2 aromatic carbocycles. The fourth-order valence-corrected chi connectivity index (χ4v) is 3.60. The highest BCUT2D eigenvalue weighted by Gasteiger charge is 2.18. The maximum absolute atomic E-state index is 12.2. The molecule has 0 saturated heterocycles. The molecule has 158 valence electrons. The maximum Gasteiger partial charge on any atom is 0.219 e. The van der Waals surface area contributed by atoms with Crippen molar-refractivity contribution >= 4 is 5.91 Å². The summed E-state index contributed by atoms with van der Waals surface area (Å²) >= 11 is 0. The van der Waals surface area contributed by atoms with Crippen molar-refractivity contribution in [3.05, 3.63) is 89.4 Å². The normalized spacial score (nSPS) is 12.0. The average Bonchev–Trinajstić information content (AvgIpc) is 3.22. The van der Waals surface area contributed by atoms with Crippen LogP contribution >= 0.6 is 0 Å². The third kappa shape index (κ3) is 5.99. The Morgan fingerprint density at radius 2 is 1.63 bits per heavy atom. The Hall–Kier alpha value is -3.01. The van der Waals surface area contributed by atoms with E-state index in [0.29, 0.717) is 13.1 Å². The number of carbonyl (C=O) groups excluding carboxylic acids is 1. The Balaban J connectivity index is 1.80. The minimum Gasteiger partial charge on any atom is -0.491 e. The number of hydrogen-bond donors (Lipinski definition) is 0. The van der Waals surface area contributed by atoms with Gasteiger partial charge in [0.15, 0.2) is 0 Å². The molecule has 0 unspecified atom stereocenters. The first-order chi connectivity index (χ1) is 14.4. The Labute approximate surface area is 179 Å². The number of hydrogen-bond acceptors (Lipinski definition) is 3. The van der Waals surface area contributed by atoms with E-state index in [2.05, 4.69) is 43.3 Å². The zero-order valence-electron chi connectivity index (χ0n) is 18.3. The quantitative estimate of drug-likeness (QED) is 0.442. The lowest BCUT2D eigenvalue weighted by molar-refractivity contribution is -0.129. The third-order valence-corrected chi connectivity index (χ3v) is 5.19. The van der Waals surface area contributed by atoms with Crippen LogP contribution in [0.15, 0.2) is 71.3 Å². The Morgan fingerprint density at radius 3 is 2.17 bits per heavy atom. The fraction of sp³-hybridized carbons (Fsp3) is 0.346. The average molecular weight is 406 g/mol. The van der Waals surface area contributed by atoms with Crippen LogP contribution in [0, 0.1) is 6.92 Å². The van der Waals surface area contributed by atoms with Gasteiger partial charge in [-0.25, -0.2) is 0 Å². The van der Waals surface area contributed by atoms with Gasteiger partial charge >= 0.3 is 0 Å². The molecule has 0 fully saturated rings. The molecular formula is C26H31NO3. The molecule has 0 spiro atoms. The smallest absolute Gasteiger partial charge is 0.219 e. The van der Waals surface area contributed by atoms with Crippen LogP contribution in [0.1, 0.15) is 55.6 Å². The van der Waals surface area contributed by atoms with E-state index in [4.69, 9.17) is 9.15 Å². The number of benzene rings is 2. The van der Waals surface area contributed by atoms with E-state index in [9.17, 15) is 4.79 Å². The largest absolute Gasteiger partial charge is 0.491 e. The van der Waals surface area contributed by atoms with Gasteiger partial charge in [-0.15, -0.1) is 0 Å². The molecule has 0 radical (unpaired) electrons. The summed E-state index contributed by atoms with van der Waals surface area (Å²) in [5.41, 5.74) is 3.71. The van der Waals surface area contributed by atoms with Crippen molar-refractivity contribution < 1.29 is 13.9 Å². The van der Waals surface area contributed by atoms with Gasteiger partial charge in [-0.3, -0.25) is 4.79 Å². The van der Waals surface area contributed by atoms with Gasteiger partial charge in [0, 0.05) is 19.4 Å². The zero-order valence-corrected chi connectivity index (χ0v) is 18.3. The minimum absolute atomic E-state index is 0.0507. The SMILES string of the molecule is CC(=O)N(CC[C@@H](c1ccc(C)cc1)c1ccc(OC(C)C)cc1)Cc1ccco1. The van der Waals surface area contributed by atoms with Crippen LogP contribution in [0.25, 0.3) is 0 Å². The lowest BCUT2D eigenvalue weighted by atomic mass is 9.88. The summed E-state index contributed by atoms with van der Waals surface area (Å²) in [6.45, 7) is 8.90. The van der Waals surface area contributed by atoms with E-state index in [1.807, 2.05) is 43.0 Å². The number of furan rings is 1. The Kier molecular flexibility index (Phi) is 7.34. The second-order valence-corrected chi connectivity index (χ2v) is 8.01. The van der Waals surface area contributed by atoms with Crippen molar-refractivity contribution in [2.75, 3.05) is 6.54 Å². The molecule has 4 heteroatoms. The summed E-state index contributed by atoms with van der Waals surface area (Å²) < 4.78 is 11.2. The van der Waals surface area contributed by atoms with Crippen molar-refractivity contribution in [3.8, 4) is 5.75 Å². The first kappa shape index (κ1) is 21.7. The molecule has 1 atom stereocenters. The van der Waals surface area contributed by atoms with E-state index in [-0.39, 0.29) is 17.9 Å². The Bertz CT molecular complexity index is 912. The molecular weight excluding hydrogens is 374 g/mol. The second-order valence-electron chi connectivity index (χ2n) is 8.01. The first-order valence-corrected chi connectivity index (χ1v) is 10.5. The number of amides is 1. The van der Waals surface area contributed by atoms with Crippen LogP contribution in [-0.2, 0) is 11.3 Å². The van der Waals surface area contributed by atoms with Gasteiger partial charge in [0.25, 0.3) is 0 Å². The summed E-state index contributed by atoms with van der Waals surface area (Å²) in [4.78, 5) is 14.1. The van der Waals surface area contributed by atoms with Crippen LogP contribution in [0.4, 0.5) is 0 Å². The first-order valence-electron chi connectivity index (χ1n) is 10.5. The predicted octanol–water partition coefficient (Wildman–Crippen LogP) is 5.95. The maximum atomic E-state index is 12.2. The summed E-state index contributed by atoms with van der Waals surface area (Å²) in [7, 11) is 0. The third-order valence-electron chi connectivity index (χ3n) is 5.19. The number of nitrogens with zero attached hydrogens (tertiary/aromatic N) is 1. The zero-order chi connectivity index (χ0) is 21.5. The van der Waals surface area contributed by atoms with E-state index < -0.39 is 0 Å². The van der Waals surface area contributed by atoms with Gasteiger partial charge in [-0.2, -0.15) is 0 Å². The van der Waals surface area contributed by atoms with Crippen LogP contribution in [-0.4, -0.2) is 23.5 Å². The monoisotopic (exact) mass is 405 g/mol. The molecule has 1 aromatic heterocycles. The number of aryl methyl sites for hydroxylation is 1. The molecule has 3 aromatic rings. The molecule has 4 nitrogen and oxygen atoms in total. The summed E-state index contributed by atoms with van der Waals surface area (Å²) in [5, 5.41) is 0. The molecule has 0 aliphatic heterocycles. The minimum atomic E-state index is 0.0507. The second kappa shape index (κ2) is 10.1. The summed E-state index contributed by atoms with van der Waals surface area (Å²) in [5.74, 6) is 1.92. The van der Waals surface area contributed by atoms with Gasteiger partial charge in [0.1, 0.15) is 11.5 Å². The Morgan fingerprint density at radius 1 is 1.00 bits per heavy atom. The lowest BCUT2D eigenvalue weighted by Crippen LogP contribution is -2.30. The molecule has 3 rings (SSSR count). The van der Waals surface area contributed by atoms with E-state index in [1.54, 1.807) is 13.2 Å².